The van der Waals surface area contributed by atoms with Gasteiger partial charge in [0.05, 0.1) is 0 Å². The molecule has 0 unspecified atom stereocenters. The molecule has 0 radical (unpaired) electrons. The largest absolute Gasteiger partial charge is 0.368 e. The molecule has 0 amide bonds. The molecule has 19 heavy (non-hydrogen) atoms. The van der Waals surface area contributed by atoms with Crippen molar-refractivity contribution in [3.63, 3.8) is 0 Å². The molecule has 0 aromatic carbocycles. The van der Waals surface area contributed by atoms with Gasteiger partial charge in [-0.2, -0.15) is 11.3 Å². The average molecular weight is 269 g/mol. The van der Waals surface area contributed by atoms with Gasteiger partial charge < -0.3 is 5.32 Å². The third-order valence-corrected chi connectivity index (χ3v) is 2.65. The summed E-state index contributed by atoms with van der Waals surface area (Å²) in [5.41, 5.74) is 0. The van der Waals surface area contributed by atoms with Gasteiger partial charge in [-0.15, -0.1) is 0 Å². The van der Waals surface area contributed by atoms with Crippen LogP contribution in [0, 0.1) is 0 Å². The number of thiophene rings is 1. The Labute approximate surface area is 119 Å². The van der Waals surface area contributed by atoms with Gasteiger partial charge >= 0.3 is 0 Å². The maximum atomic E-state index is 2.92. The first-order valence-electron chi connectivity index (χ1n) is 6.20. The highest BCUT2D eigenvalue weighted by Crippen LogP contribution is 1.92. The summed E-state index contributed by atoms with van der Waals surface area (Å²) in [6.07, 6.45) is 25.1. The van der Waals surface area contributed by atoms with Gasteiger partial charge in [-0.3, -0.25) is 0 Å². The minimum absolute atomic E-state index is 1.08. The van der Waals surface area contributed by atoms with E-state index in [1.165, 1.54) is 0 Å². The van der Waals surface area contributed by atoms with Gasteiger partial charge in [0.25, 0.3) is 0 Å². The zero-order valence-electron chi connectivity index (χ0n) is 10.9. The molecule has 1 aliphatic heterocycles. The molecule has 2 heteroatoms. The molecule has 1 aromatic heterocycles. The van der Waals surface area contributed by atoms with E-state index in [9.17, 15) is 0 Å². The highest BCUT2D eigenvalue weighted by Gasteiger charge is 1.70. The Morgan fingerprint density at radius 2 is 1.16 bits per heavy atom. The van der Waals surface area contributed by atoms with Crippen LogP contribution >= 0.6 is 11.3 Å². The van der Waals surface area contributed by atoms with Crippen LogP contribution in [0.25, 0.3) is 0 Å². The molecule has 0 fully saturated rings. The number of nitrogens with one attached hydrogen (secondary N) is 1. The molecule has 0 atom stereocenters. The summed E-state index contributed by atoms with van der Waals surface area (Å²) in [4.78, 5) is 0. The third kappa shape index (κ3) is 10.8. The van der Waals surface area contributed by atoms with Crippen LogP contribution in [0.5, 0.6) is 0 Å². The van der Waals surface area contributed by atoms with Crippen LogP contribution in [0.15, 0.2) is 96.1 Å². The van der Waals surface area contributed by atoms with Gasteiger partial charge in [-0.1, -0.05) is 60.7 Å². The molecule has 2 aliphatic rings. The minimum Gasteiger partial charge on any atom is -0.368 e. The van der Waals surface area contributed by atoms with Crippen molar-refractivity contribution in [2.45, 2.75) is 6.42 Å². The van der Waals surface area contributed by atoms with Crippen molar-refractivity contribution >= 4 is 11.3 Å². The molecule has 3 rings (SSSR count). The fraction of sp³-hybridized carbons (Fsp3) is 0.0588. The van der Waals surface area contributed by atoms with Crippen LogP contribution in [-0.4, -0.2) is 0 Å². The van der Waals surface area contributed by atoms with E-state index in [1.807, 2.05) is 71.7 Å². The zero-order chi connectivity index (χ0) is 13.4. The number of rotatable bonds is 0. The van der Waals surface area contributed by atoms with Crippen LogP contribution in [0.2, 0.25) is 0 Å². The van der Waals surface area contributed by atoms with E-state index in [1.54, 1.807) is 11.3 Å². The highest BCUT2D eigenvalue weighted by atomic mass is 32.1. The van der Waals surface area contributed by atoms with Crippen molar-refractivity contribution in [2.24, 2.45) is 0 Å². The molecule has 98 valence electrons. The van der Waals surface area contributed by atoms with Gasteiger partial charge in [0, 0.05) is 12.4 Å². The van der Waals surface area contributed by atoms with Crippen molar-refractivity contribution < 1.29 is 0 Å². The summed E-state index contributed by atoms with van der Waals surface area (Å²) < 4.78 is 0. The van der Waals surface area contributed by atoms with Crippen LogP contribution in [0.4, 0.5) is 0 Å². The summed E-state index contributed by atoms with van der Waals surface area (Å²) in [5, 5.41) is 7.01. The lowest BCUT2D eigenvalue weighted by atomic mass is 10.4. The Hall–Kier alpha value is -2.06. The summed E-state index contributed by atoms with van der Waals surface area (Å²) >= 11 is 1.71. The summed E-state index contributed by atoms with van der Waals surface area (Å²) in [6, 6.07) is 4.04. The van der Waals surface area contributed by atoms with Gasteiger partial charge in [-0.05, 0) is 29.3 Å². The lowest BCUT2D eigenvalue weighted by Crippen LogP contribution is -1.87. The quantitative estimate of drug-likeness (QED) is 0.700. The van der Waals surface area contributed by atoms with Crippen LogP contribution in [-0.2, 0) is 0 Å². The van der Waals surface area contributed by atoms with Gasteiger partial charge in [-0.25, -0.2) is 0 Å². The second-order valence-corrected chi connectivity index (χ2v) is 4.36. The minimum atomic E-state index is 1.08. The maximum Gasteiger partial charge on any atom is 0.000442 e. The highest BCUT2D eigenvalue weighted by molar-refractivity contribution is 7.07. The first kappa shape index (κ1) is 15.0. The summed E-state index contributed by atoms with van der Waals surface area (Å²) in [6.45, 7) is 0. The Kier molecular flexibility index (Phi) is 9.79. The van der Waals surface area contributed by atoms with E-state index in [0.29, 0.717) is 0 Å². The summed E-state index contributed by atoms with van der Waals surface area (Å²) in [5.74, 6) is 0. The maximum absolute atomic E-state index is 2.92. The Morgan fingerprint density at radius 1 is 0.632 bits per heavy atom. The number of allylic oxidation sites excluding steroid dienone is 10. The normalized spacial score (nSPS) is 14.3. The van der Waals surface area contributed by atoms with Crippen LogP contribution in [0.1, 0.15) is 6.42 Å². The molecule has 1 aromatic rings. The lowest BCUT2D eigenvalue weighted by molar-refractivity contribution is 1.20. The van der Waals surface area contributed by atoms with Gasteiger partial charge in [0.1, 0.15) is 0 Å². The van der Waals surface area contributed by atoms with E-state index in [4.69, 9.17) is 0 Å². The average Bonchev–Trinajstić information content (AvgIpc) is 2.75. The van der Waals surface area contributed by atoms with E-state index < -0.39 is 0 Å². The first-order valence-corrected chi connectivity index (χ1v) is 7.14. The molecular formula is C17H19NS. The number of hydrogen-bond donors (Lipinski definition) is 1. The van der Waals surface area contributed by atoms with Crippen LogP contribution in [0.3, 0.4) is 0 Å². The van der Waals surface area contributed by atoms with Crippen molar-refractivity contribution in [2.75, 3.05) is 0 Å². The van der Waals surface area contributed by atoms with E-state index in [0.717, 1.165) is 6.42 Å². The molecule has 1 nitrogen and oxygen atoms in total. The monoisotopic (exact) mass is 269 g/mol. The second-order valence-electron chi connectivity index (χ2n) is 3.54. The van der Waals surface area contributed by atoms with E-state index in [-0.39, 0.29) is 0 Å². The zero-order valence-corrected chi connectivity index (χ0v) is 11.7. The van der Waals surface area contributed by atoms with E-state index >= 15 is 0 Å². The Morgan fingerprint density at radius 3 is 1.63 bits per heavy atom. The van der Waals surface area contributed by atoms with Crippen molar-refractivity contribution in [1.29, 1.82) is 0 Å². The Balaban J connectivity index is 0.000000145. The lowest BCUT2D eigenvalue weighted by Gasteiger charge is -1.79. The molecule has 0 saturated heterocycles. The molecule has 2 heterocycles. The molecule has 0 spiro atoms. The predicted octanol–water partition coefficient (Wildman–Crippen LogP) is 4.98. The van der Waals surface area contributed by atoms with Gasteiger partial charge in [0.2, 0.25) is 0 Å². The first-order chi connectivity index (χ1) is 9.50. The molecule has 0 bridgehead atoms. The SMILES string of the molecule is C1=CC=CCC=C1.C1=CC=CNC=C1.c1ccsc1. The fourth-order valence-corrected chi connectivity index (χ4v) is 1.61. The van der Waals surface area contributed by atoms with Crippen molar-refractivity contribution in [3.8, 4) is 0 Å². The smallest absolute Gasteiger partial charge is 0.000442 e. The number of hydrogen-bond acceptors (Lipinski definition) is 2. The molecule has 1 N–H and O–H groups in total. The fourth-order valence-electron chi connectivity index (χ4n) is 1.15. The van der Waals surface area contributed by atoms with Crippen LogP contribution < -0.4 is 5.32 Å². The van der Waals surface area contributed by atoms with Crippen molar-refractivity contribution in [3.05, 3.63) is 96.1 Å². The van der Waals surface area contributed by atoms with Gasteiger partial charge in [0.15, 0.2) is 0 Å². The summed E-state index contributed by atoms with van der Waals surface area (Å²) in [7, 11) is 0. The predicted molar refractivity (Wildman–Crippen MR) is 86.9 cm³/mol. The molecular weight excluding hydrogens is 250 g/mol. The van der Waals surface area contributed by atoms with E-state index in [2.05, 4.69) is 29.6 Å². The topological polar surface area (TPSA) is 12.0 Å². The third-order valence-electron chi connectivity index (χ3n) is 2.02. The standard InChI is InChI=1S/C7H8.C6H7N.C4H4S/c2*1-2-4-6-7-5-3-1;1-2-4-5-3-1/h1-6H,7H2;1-7H;1-4H. The Bertz CT molecular complexity index is 382. The molecule has 1 aliphatic carbocycles. The van der Waals surface area contributed by atoms with Crippen molar-refractivity contribution in [1.82, 2.24) is 5.32 Å². The second kappa shape index (κ2) is 12.4. The molecule has 0 saturated carbocycles.